The normalized spacial score (nSPS) is 30.5. The second-order valence-corrected chi connectivity index (χ2v) is 21.9. The summed E-state index contributed by atoms with van der Waals surface area (Å²) in [4.78, 5) is 79.0. The molecule has 0 spiro atoms. The minimum Gasteiger partial charge on any atom is -0.379 e. The number of methoxy groups -OCH3 is 1. The zero-order chi connectivity index (χ0) is 52.6. The molecule has 6 aliphatic rings. The van der Waals surface area contributed by atoms with E-state index in [-0.39, 0.29) is 109 Å². The fourth-order valence-corrected chi connectivity index (χ4v) is 12.5. The van der Waals surface area contributed by atoms with Gasteiger partial charge in [0.2, 0.25) is 29.5 Å². The van der Waals surface area contributed by atoms with Gasteiger partial charge >= 0.3 is 6.18 Å². The van der Waals surface area contributed by atoms with E-state index < -0.39 is 29.1 Å². The molecule has 3 saturated carbocycles. The third-order valence-corrected chi connectivity index (χ3v) is 16.9. The summed E-state index contributed by atoms with van der Waals surface area (Å²) in [6, 6.07) is 3.68. The second kappa shape index (κ2) is 24.9. The standard InChI is InChI=1S/C54H77F3N8O9/c1-33(2)53(19-17-39(27-53)61-43-18-23-72-32-45(43)71-4)52(70)65-30-36-25-37(54(55,56)57)29-60-48(36)44(31-65)63-50(68)34-9-11-38(12-10-34)62-46(66)8-6-22-73-40-13-15-41(16-14-40)74-24-21-59-51(69)42-26-47(67)64(3)49(42)35-7-5-20-58-28-35/h5,7,20,25,28-29,33-34,38-45,49,61H,6,8-19,21-24,26-27,30-32H2,1-4H3,(H,59,69)(H,62,66)(H,63,68)/t34-,38-,39-,40-,41-,42+,43+,44+,45-,49-,53+/m1/s1. The number of nitrogens with zero attached hydrogens (tertiary/aromatic N) is 4. The molecule has 2 aromatic heterocycles. The summed E-state index contributed by atoms with van der Waals surface area (Å²) in [6.45, 7) is 6.44. The number of likely N-dealkylation sites (tertiary alicyclic amines) is 1. The van der Waals surface area contributed by atoms with E-state index in [1.165, 1.54) is 0 Å². The third kappa shape index (κ3) is 13.4. The quantitative estimate of drug-likeness (QED) is 0.125. The Morgan fingerprint density at radius 3 is 2.36 bits per heavy atom. The van der Waals surface area contributed by atoms with Gasteiger partial charge in [0.05, 0.1) is 66.2 Å². The molecule has 2 aromatic rings. The fraction of sp³-hybridized carbons (Fsp3) is 0.722. The van der Waals surface area contributed by atoms with E-state index in [9.17, 15) is 37.1 Å². The van der Waals surface area contributed by atoms with Crippen LogP contribution in [0.15, 0.2) is 36.8 Å². The maximum atomic E-state index is 14.8. The SMILES string of the molecule is CO[C@@H]1COCC[C@@H]1N[C@@H]1CC[C@@](C(=O)N2Cc3cc(C(F)(F)F)cnc3[C@@H](NC(=O)[C@H]3CC[C@H](NC(=O)CCCO[C@H]4CC[C@H](OCCNC(=O)[C@H]5CC(=O)N(C)[C@@H]5c5cccnc5)CC4)CC3)C2)(C(C)C)C1. The first-order valence-corrected chi connectivity index (χ1v) is 27.0. The van der Waals surface area contributed by atoms with Crippen LogP contribution in [-0.2, 0) is 55.6 Å². The molecule has 0 unspecified atom stereocenters. The molecule has 4 N–H and O–H groups in total. The van der Waals surface area contributed by atoms with Crippen molar-refractivity contribution >= 4 is 29.5 Å². The van der Waals surface area contributed by atoms with Crippen LogP contribution in [0, 0.1) is 23.2 Å². The van der Waals surface area contributed by atoms with Crippen LogP contribution in [-0.4, -0.2) is 139 Å². The number of hydrogen-bond donors (Lipinski definition) is 4. The number of carbonyl (C=O) groups excluding carboxylic acids is 5. The van der Waals surface area contributed by atoms with Crippen molar-refractivity contribution in [2.45, 2.75) is 171 Å². The topological polar surface area (TPSA) is 203 Å². The molecule has 0 radical (unpaired) electrons. The van der Waals surface area contributed by atoms with E-state index in [1.54, 1.807) is 42.4 Å². The Hall–Kier alpha value is -4.76. The molecule has 0 bridgehead atoms. The molecule has 7 atom stereocenters. The third-order valence-electron chi connectivity index (χ3n) is 16.9. The van der Waals surface area contributed by atoms with Gasteiger partial charge in [0, 0.05) is 102 Å². The molecule has 5 fully saturated rings. The molecule has 0 aromatic carbocycles. The van der Waals surface area contributed by atoms with E-state index in [2.05, 4.69) is 31.2 Å². The highest BCUT2D eigenvalue weighted by molar-refractivity contribution is 5.90. The summed E-state index contributed by atoms with van der Waals surface area (Å²) in [5, 5.41) is 12.9. The number of halogens is 3. The van der Waals surface area contributed by atoms with Crippen molar-refractivity contribution in [3.63, 3.8) is 0 Å². The van der Waals surface area contributed by atoms with E-state index in [1.807, 2.05) is 19.9 Å². The molecule has 5 amide bonds. The summed E-state index contributed by atoms with van der Waals surface area (Å²) >= 11 is 0. The number of fused-ring (bicyclic) bond motifs is 1. The van der Waals surface area contributed by atoms with Gasteiger partial charge in [-0.15, -0.1) is 0 Å². The molecular weight excluding hydrogens is 962 g/mol. The fourth-order valence-electron chi connectivity index (χ4n) is 12.5. The number of pyridine rings is 2. The van der Waals surface area contributed by atoms with Gasteiger partial charge in [-0.25, -0.2) is 0 Å². The van der Waals surface area contributed by atoms with E-state index in [0.717, 1.165) is 56.4 Å². The molecule has 3 aliphatic carbocycles. The van der Waals surface area contributed by atoms with Crippen LogP contribution in [0.4, 0.5) is 13.2 Å². The van der Waals surface area contributed by atoms with Crippen LogP contribution >= 0.6 is 0 Å². The summed E-state index contributed by atoms with van der Waals surface area (Å²) in [6.07, 6.45) is 9.04. The van der Waals surface area contributed by atoms with Gasteiger partial charge in [0.1, 0.15) is 0 Å². The average Bonchev–Trinajstić information content (AvgIpc) is 3.97. The maximum absolute atomic E-state index is 14.8. The Morgan fingerprint density at radius 2 is 1.68 bits per heavy atom. The molecule has 408 valence electrons. The molecule has 17 nitrogen and oxygen atoms in total. The molecular formula is C54H77F3N8O9. The highest BCUT2D eigenvalue weighted by atomic mass is 19.4. The van der Waals surface area contributed by atoms with Crippen molar-refractivity contribution in [2.24, 2.45) is 23.2 Å². The van der Waals surface area contributed by atoms with Crippen LogP contribution in [0.1, 0.15) is 145 Å². The van der Waals surface area contributed by atoms with Gasteiger partial charge < -0.3 is 50.0 Å². The van der Waals surface area contributed by atoms with Gasteiger partial charge in [-0.05, 0) is 113 Å². The van der Waals surface area contributed by atoms with Gasteiger partial charge in [0.15, 0.2) is 0 Å². The van der Waals surface area contributed by atoms with E-state index >= 15 is 0 Å². The number of aromatic nitrogens is 2. The van der Waals surface area contributed by atoms with Gasteiger partial charge in [0.25, 0.3) is 0 Å². The lowest BCUT2D eigenvalue weighted by molar-refractivity contribution is -0.147. The summed E-state index contributed by atoms with van der Waals surface area (Å²) in [7, 11) is 3.39. The molecule has 3 aliphatic heterocycles. The molecule has 2 saturated heterocycles. The van der Waals surface area contributed by atoms with E-state index in [0.29, 0.717) is 90.0 Å². The van der Waals surface area contributed by atoms with Crippen molar-refractivity contribution in [2.75, 3.05) is 53.7 Å². The molecule has 8 rings (SSSR count). The summed E-state index contributed by atoms with van der Waals surface area (Å²) in [5.41, 5.74) is -0.187. The Labute approximate surface area is 432 Å². The molecule has 5 heterocycles. The highest BCUT2D eigenvalue weighted by Crippen LogP contribution is 2.48. The number of rotatable bonds is 19. The van der Waals surface area contributed by atoms with Crippen molar-refractivity contribution in [3.05, 3.63) is 59.2 Å². The average molecular weight is 1040 g/mol. The number of hydrogen-bond acceptors (Lipinski definition) is 12. The van der Waals surface area contributed by atoms with Gasteiger partial charge in [-0.1, -0.05) is 19.9 Å². The number of nitrogens with one attached hydrogen (secondary N) is 4. The Morgan fingerprint density at radius 1 is 0.932 bits per heavy atom. The van der Waals surface area contributed by atoms with Crippen molar-refractivity contribution in [3.8, 4) is 0 Å². The molecule has 74 heavy (non-hydrogen) atoms. The zero-order valence-corrected chi connectivity index (χ0v) is 43.5. The minimum absolute atomic E-state index is 0.0326. The van der Waals surface area contributed by atoms with Crippen LogP contribution in [0.3, 0.4) is 0 Å². The maximum Gasteiger partial charge on any atom is 0.417 e. The highest BCUT2D eigenvalue weighted by Gasteiger charge is 2.51. The minimum atomic E-state index is -4.63. The van der Waals surface area contributed by atoms with Crippen LogP contribution in [0.25, 0.3) is 0 Å². The number of ether oxygens (including phenoxy) is 4. The second-order valence-electron chi connectivity index (χ2n) is 21.9. The molecule has 20 heteroatoms. The van der Waals surface area contributed by atoms with Gasteiger partial charge in [-0.3, -0.25) is 33.9 Å². The lowest BCUT2D eigenvalue weighted by Crippen LogP contribution is -2.53. The largest absolute Gasteiger partial charge is 0.417 e. The van der Waals surface area contributed by atoms with Crippen LogP contribution in [0.2, 0.25) is 0 Å². The van der Waals surface area contributed by atoms with Crippen LogP contribution in [0.5, 0.6) is 0 Å². The smallest absolute Gasteiger partial charge is 0.379 e. The lowest BCUT2D eigenvalue weighted by Gasteiger charge is -2.42. The van der Waals surface area contributed by atoms with E-state index in [4.69, 9.17) is 18.9 Å². The predicted octanol–water partition coefficient (Wildman–Crippen LogP) is 5.72. The number of carbonyl (C=O) groups is 5. The van der Waals surface area contributed by atoms with Crippen molar-refractivity contribution in [1.82, 2.24) is 41.0 Å². The Kier molecular flexibility index (Phi) is 18.7. The Balaban J connectivity index is 0.737. The first-order chi connectivity index (χ1) is 35.5. The summed E-state index contributed by atoms with van der Waals surface area (Å²) in [5.74, 6) is -1.56. The Bertz CT molecular complexity index is 2240. The first kappa shape index (κ1) is 55.5. The number of amides is 5. The van der Waals surface area contributed by atoms with Gasteiger partial charge in [-0.2, -0.15) is 13.2 Å². The first-order valence-electron chi connectivity index (χ1n) is 27.0. The van der Waals surface area contributed by atoms with Crippen molar-refractivity contribution in [1.29, 1.82) is 0 Å². The van der Waals surface area contributed by atoms with Crippen LogP contribution < -0.4 is 21.3 Å². The predicted molar refractivity (Wildman–Crippen MR) is 266 cm³/mol. The monoisotopic (exact) mass is 1040 g/mol. The zero-order valence-electron chi connectivity index (χ0n) is 43.5. The number of alkyl halides is 3. The summed E-state index contributed by atoms with van der Waals surface area (Å²) < 4.78 is 65.5. The lowest BCUT2D eigenvalue weighted by atomic mass is 9.73. The van der Waals surface area contributed by atoms with Crippen molar-refractivity contribution < 1.29 is 56.1 Å².